The van der Waals surface area contributed by atoms with Gasteiger partial charge in [0.25, 0.3) is 0 Å². The average molecular weight is 269 g/mol. The fourth-order valence-corrected chi connectivity index (χ4v) is 1.93. The molecule has 0 spiro atoms. The summed E-state index contributed by atoms with van der Waals surface area (Å²) in [5.74, 6) is 0.145. The minimum atomic E-state index is -0.431. The van der Waals surface area contributed by atoms with Crippen LogP contribution >= 0.6 is 0 Å². The van der Waals surface area contributed by atoms with Crippen LogP contribution in [-0.4, -0.2) is 34.8 Å². The van der Waals surface area contributed by atoms with Gasteiger partial charge in [0.2, 0.25) is 5.43 Å². The molecule has 0 radical (unpaired) electrons. The summed E-state index contributed by atoms with van der Waals surface area (Å²) in [6, 6.07) is 1.31. The van der Waals surface area contributed by atoms with Crippen molar-refractivity contribution >= 4 is 0 Å². The summed E-state index contributed by atoms with van der Waals surface area (Å²) in [5, 5.41) is 18.1. The van der Waals surface area contributed by atoms with E-state index in [2.05, 4.69) is 25.7 Å². The first-order valence-corrected chi connectivity index (χ1v) is 6.46. The highest BCUT2D eigenvalue weighted by Crippen LogP contribution is 2.17. The van der Waals surface area contributed by atoms with E-state index in [1.165, 1.54) is 6.07 Å². The Morgan fingerprint density at radius 2 is 2.05 bits per heavy atom. The Bertz CT molecular complexity index is 447. The first-order chi connectivity index (χ1) is 8.81. The fraction of sp³-hybridized carbons (Fsp3) is 0.643. The molecule has 5 nitrogen and oxygen atoms in total. The normalized spacial score (nSPS) is 12.1. The Morgan fingerprint density at radius 3 is 2.58 bits per heavy atom. The molecule has 0 saturated heterocycles. The van der Waals surface area contributed by atoms with Gasteiger partial charge < -0.3 is 14.6 Å². The van der Waals surface area contributed by atoms with E-state index in [1.807, 2.05) is 0 Å². The van der Waals surface area contributed by atoms with E-state index in [4.69, 9.17) is 14.6 Å². The molecule has 0 saturated carbocycles. The molecule has 0 amide bonds. The van der Waals surface area contributed by atoms with Crippen molar-refractivity contribution in [1.29, 1.82) is 0 Å². The molecule has 1 heterocycles. The number of hydrogen-bond acceptors (Lipinski definition) is 5. The number of aliphatic hydroxyl groups excluding tert-OH is 1. The average Bonchev–Trinajstić information content (AvgIpc) is 2.29. The second kappa shape index (κ2) is 6.73. The van der Waals surface area contributed by atoms with Crippen LogP contribution in [-0.2, 0) is 6.54 Å². The Morgan fingerprint density at radius 1 is 1.37 bits per heavy atom. The lowest BCUT2D eigenvalue weighted by Crippen LogP contribution is -2.33. The van der Waals surface area contributed by atoms with Crippen molar-refractivity contribution in [2.75, 3.05) is 19.7 Å². The van der Waals surface area contributed by atoms with Crippen LogP contribution in [0.15, 0.2) is 21.5 Å². The zero-order chi connectivity index (χ0) is 14.5. The van der Waals surface area contributed by atoms with E-state index in [9.17, 15) is 4.79 Å². The van der Waals surface area contributed by atoms with Gasteiger partial charge in [-0.15, -0.1) is 0 Å². The van der Waals surface area contributed by atoms with Crippen molar-refractivity contribution in [3.05, 3.63) is 28.3 Å². The molecule has 1 rings (SSSR count). The summed E-state index contributed by atoms with van der Waals surface area (Å²) in [5.41, 5.74) is -0.314. The third-order valence-corrected chi connectivity index (χ3v) is 2.58. The Labute approximate surface area is 113 Å². The molecule has 0 aliphatic rings. The van der Waals surface area contributed by atoms with Gasteiger partial charge >= 0.3 is 0 Å². The van der Waals surface area contributed by atoms with Crippen LogP contribution in [0.25, 0.3) is 0 Å². The molecular weight excluding hydrogens is 246 g/mol. The van der Waals surface area contributed by atoms with E-state index in [1.54, 1.807) is 0 Å². The van der Waals surface area contributed by atoms with Crippen LogP contribution < -0.4 is 5.43 Å². The Kier molecular flexibility index (Phi) is 5.57. The SMILES string of the molecule is CC(C)(C)CN(CCCO)Cc1cc(=O)c(O)co1. The second-order valence-electron chi connectivity index (χ2n) is 5.94. The maximum absolute atomic E-state index is 11.4. The summed E-state index contributed by atoms with van der Waals surface area (Å²) in [4.78, 5) is 13.5. The van der Waals surface area contributed by atoms with Crippen LogP contribution in [0.4, 0.5) is 0 Å². The molecule has 0 fully saturated rings. The molecular formula is C14H23NO4. The van der Waals surface area contributed by atoms with Crippen LogP contribution in [0.1, 0.15) is 33.0 Å². The monoisotopic (exact) mass is 269 g/mol. The lowest BCUT2D eigenvalue weighted by atomic mass is 9.96. The Hall–Kier alpha value is -1.33. The van der Waals surface area contributed by atoms with Gasteiger partial charge in [0.05, 0.1) is 6.54 Å². The van der Waals surface area contributed by atoms with Crippen molar-refractivity contribution in [2.45, 2.75) is 33.7 Å². The zero-order valence-corrected chi connectivity index (χ0v) is 11.8. The summed E-state index contributed by atoms with van der Waals surface area (Å²) in [6.45, 7) is 8.59. The molecule has 0 aliphatic carbocycles. The first-order valence-electron chi connectivity index (χ1n) is 6.46. The van der Waals surface area contributed by atoms with Gasteiger partial charge in [0, 0.05) is 25.8 Å². The molecule has 5 heteroatoms. The topological polar surface area (TPSA) is 73.9 Å². The minimum absolute atomic E-state index is 0.118. The van der Waals surface area contributed by atoms with E-state index >= 15 is 0 Å². The predicted molar refractivity (Wildman–Crippen MR) is 73.1 cm³/mol. The zero-order valence-electron chi connectivity index (χ0n) is 11.8. The standard InChI is InChI=1S/C14H23NO4/c1-14(2,3)10-15(5-4-6-16)8-11-7-12(17)13(18)9-19-11/h7,9,16,18H,4-6,8,10H2,1-3H3. The summed E-state index contributed by atoms with van der Waals surface area (Å²) < 4.78 is 5.21. The molecule has 0 bridgehead atoms. The van der Waals surface area contributed by atoms with Crippen molar-refractivity contribution in [1.82, 2.24) is 4.90 Å². The molecule has 1 aromatic rings. The maximum atomic E-state index is 11.4. The van der Waals surface area contributed by atoms with E-state index in [-0.39, 0.29) is 17.8 Å². The van der Waals surface area contributed by atoms with E-state index in [0.29, 0.717) is 18.7 Å². The van der Waals surface area contributed by atoms with Gasteiger partial charge in [0.1, 0.15) is 12.0 Å². The fourth-order valence-electron chi connectivity index (χ4n) is 1.93. The van der Waals surface area contributed by atoms with Gasteiger partial charge in [0.15, 0.2) is 5.75 Å². The van der Waals surface area contributed by atoms with Crippen molar-refractivity contribution in [3.63, 3.8) is 0 Å². The number of aliphatic hydroxyl groups is 1. The summed E-state index contributed by atoms with van der Waals surface area (Å²) in [7, 11) is 0. The highest BCUT2D eigenvalue weighted by atomic mass is 16.4. The highest BCUT2D eigenvalue weighted by Gasteiger charge is 2.17. The van der Waals surface area contributed by atoms with E-state index in [0.717, 1.165) is 19.4 Å². The number of hydrogen-bond donors (Lipinski definition) is 2. The van der Waals surface area contributed by atoms with Gasteiger partial charge in [-0.3, -0.25) is 9.69 Å². The lowest BCUT2D eigenvalue weighted by Gasteiger charge is -2.29. The molecule has 0 atom stereocenters. The van der Waals surface area contributed by atoms with Crippen LogP contribution in [0.2, 0.25) is 0 Å². The Balaban J connectivity index is 2.75. The molecule has 0 aromatic carbocycles. The molecule has 19 heavy (non-hydrogen) atoms. The minimum Gasteiger partial charge on any atom is -0.502 e. The molecule has 0 unspecified atom stereocenters. The smallest absolute Gasteiger partial charge is 0.226 e. The quantitative estimate of drug-likeness (QED) is 0.820. The second-order valence-corrected chi connectivity index (χ2v) is 5.94. The summed E-state index contributed by atoms with van der Waals surface area (Å²) in [6.07, 6.45) is 1.75. The highest BCUT2D eigenvalue weighted by molar-refractivity contribution is 5.15. The number of nitrogens with zero attached hydrogens (tertiary/aromatic N) is 1. The number of rotatable bonds is 6. The van der Waals surface area contributed by atoms with Crippen molar-refractivity contribution < 1.29 is 14.6 Å². The van der Waals surface area contributed by atoms with Gasteiger partial charge in [-0.1, -0.05) is 20.8 Å². The van der Waals surface area contributed by atoms with Crippen LogP contribution in [0, 0.1) is 5.41 Å². The maximum Gasteiger partial charge on any atom is 0.226 e. The lowest BCUT2D eigenvalue weighted by molar-refractivity contribution is 0.155. The predicted octanol–water partition coefficient (Wildman–Crippen LogP) is 1.58. The van der Waals surface area contributed by atoms with Crippen LogP contribution in [0.3, 0.4) is 0 Å². The molecule has 1 aromatic heterocycles. The first kappa shape index (κ1) is 15.7. The van der Waals surface area contributed by atoms with Gasteiger partial charge in [-0.05, 0) is 11.8 Å². The largest absolute Gasteiger partial charge is 0.502 e. The third kappa shape index (κ3) is 5.89. The van der Waals surface area contributed by atoms with Crippen LogP contribution in [0.5, 0.6) is 5.75 Å². The number of aromatic hydroxyl groups is 1. The van der Waals surface area contributed by atoms with Crippen molar-refractivity contribution in [2.24, 2.45) is 5.41 Å². The van der Waals surface area contributed by atoms with Gasteiger partial charge in [-0.25, -0.2) is 0 Å². The summed E-state index contributed by atoms with van der Waals surface area (Å²) >= 11 is 0. The third-order valence-electron chi connectivity index (χ3n) is 2.58. The van der Waals surface area contributed by atoms with Gasteiger partial charge in [-0.2, -0.15) is 0 Å². The molecule has 108 valence electrons. The van der Waals surface area contributed by atoms with E-state index < -0.39 is 5.43 Å². The van der Waals surface area contributed by atoms with Crippen molar-refractivity contribution in [3.8, 4) is 5.75 Å². The molecule has 2 N–H and O–H groups in total. The molecule has 0 aliphatic heterocycles.